The number of carbonyl (C=O) groups excluding carboxylic acids is 1. The molecule has 0 bridgehead atoms. The molecule has 0 saturated heterocycles. The molecule has 0 saturated carbocycles. The standard InChI is InChI=1S/C12H14Cl2N2O.ClH/c1-7(15)12(17)16-3-2-10-8(6-16)4-9(13)5-11(10)14;/h4-5,7H,2-3,6,15H2,1H3;1H/t7-;/m1./s1. The molecule has 1 aromatic rings. The topological polar surface area (TPSA) is 46.3 Å². The van der Waals surface area contributed by atoms with Crippen molar-refractivity contribution in [2.75, 3.05) is 6.54 Å². The van der Waals surface area contributed by atoms with Crippen molar-refractivity contribution in [3.8, 4) is 0 Å². The van der Waals surface area contributed by atoms with Gasteiger partial charge < -0.3 is 10.6 Å². The van der Waals surface area contributed by atoms with Gasteiger partial charge in [0.15, 0.2) is 0 Å². The first kappa shape index (κ1) is 15.6. The first-order valence-electron chi connectivity index (χ1n) is 5.50. The summed E-state index contributed by atoms with van der Waals surface area (Å²) in [5, 5.41) is 1.28. The highest BCUT2D eigenvalue weighted by Crippen LogP contribution is 2.29. The highest BCUT2D eigenvalue weighted by atomic mass is 35.5. The SMILES string of the molecule is C[C@@H](N)C(=O)N1CCc2c(Cl)cc(Cl)cc2C1.Cl. The summed E-state index contributed by atoms with van der Waals surface area (Å²) in [7, 11) is 0. The molecule has 0 spiro atoms. The van der Waals surface area contributed by atoms with Crippen LogP contribution in [0.4, 0.5) is 0 Å². The lowest BCUT2D eigenvalue weighted by molar-refractivity contribution is -0.133. The Bertz CT molecular complexity index is 463. The van der Waals surface area contributed by atoms with Crippen LogP contribution < -0.4 is 5.73 Å². The molecule has 0 aliphatic carbocycles. The molecule has 0 aromatic heterocycles. The van der Waals surface area contributed by atoms with Gasteiger partial charge in [-0.25, -0.2) is 0 Å². The van der Waals surface area contributed by atoms with Gasteiger partial charge in [-0.3, -0.25) is 4.79 Å². The molecule has 6 heteroatoms. The average molecular weight is 310 g/mol. The molecule has 1 heterocycles. The van der Waals surface area contributed by atoms with Crippen molar-refractivity contribution in [2.45, 2.75) is 25.9 Å². The van der Waals surface area contributed by atoms with Crippen LogP contribution >= 0.6 is 35.6 Å². The first-order chi connectivity index (χ1) is 7.99. The van der Waals surface area contributed by atoms with Crippen molar-refractivity contribution in [1.29, 1.82) is 0 Å². The van der Waals surface area contributed by atoms with E-state index in [0.717, 1.165) is 17.5 Å². The van der Waals surface area contributed by atoms with E-state index in [1.165, 1.54) is 0 Å². The fraction of sp³-hybridized carbons (Fsp3) is 0.417. The van der Waals surface area contributed by atoms with Gasteiger partial charge in [-0.1, -0.05) is 23.2 Å². The smallest absolute Gasteiger partial charge is 0.239 e. The van der Waals surface area contributed by atoms with Crippen LogP contribution in [0.5, 0.6) is 0 Å². The molecule has 0 radical (unpaired) electrons. The monoisotopic (exact) mass is 308 g/mol. The Balaban J connectivity index is 0.00000162. The zero-order valence-corrected chi connectivity index (χ0v) is 12.3. The molecule has 2 rings (SSSR count). The fourth-order valence-electron chi connectivity index (χ4n) is 2.09. The number of halogens is 3. The second-order valence-corrected chi connectivity index (χ2v) is 5.17. The normalized spacial score (nSPS) is 15.7. The largest absolute Gasteiger partial charge is 0.337 e. The zero-order chi connectivity index (χ0) is 12.6. The van der Waals surface area contributed by atoms with Crippen LogP contribution in [0.2, 0.25) is 10.0 Å². The summed E-state index contributed by atoms with van der Waals surface area (Å²) >= 11 is 12.1. The van der Waals surface area contributed by atoms with Crippen molar-refractivity contribution in [1.82, 2.24) is 4.90 Å². The van der Waals surface area contributed by atoms with Gasteiger partial charge in [0, 0.05) is 23.1 Å². The maximum atomic E-state index is 11.8. The van der Waals surface area contributed by atoms with Crippen LogP contribution in [0.3, 0.4) is 0 Å². The van der Waals surface area contributed by atoms with E-state index in [2.05, 4.69) is 0 Å². The summed E-state index contributed by atoms with van der Waals surface area (Å²) in [6, 6.07) is 3.14. The van der Waals surface area contributed by atoms with Crippen LogP contribution in [0.15, 0.2) is 12.1 Å². The third kappa shape index (κ3) is 3.09. The number of fused-ring (bicyclic) bond motifs is 1. The number of rotatable bonds is 1. The number of amides is 1. The molecule has 1 atom stereocenters. The molecule has 18 heavy (non-hydrogen) atoms. The number of hydrogen-bond acceptors (Lipinski definition) is 2. The minimum atomic E-state index is -0.466. The Morgan fingerprint density at radius 1 is 1.44 bits per heavy atom. The number of hydrogen-bond donors (Lipinski definition) is 1. The van der Waals surface area contributed by atoms with Crippen molar-refractivity contribution < 1.29 is 4.79 Å². The Kier molecular flexibility index (Phi) is 5.29. The summed E-state index contributed by atoms with van der Waals surface area (Å²) in [6.45, 7) is 2.90. The summed E-state index contributed by atoms with van der Waals surface area (Å²) in [5.74, 6) is -0.0354. The predicted molar refractivity (Wildman–Crippen MR) is 76.5 cm³/mol. The Hall–Kier alpha value is -0.480. The molecule has 1 aromatic carbocycles. The summed E-state index contributed by atoms with van der Waals surface area (Å²) < 4.78 is 0. The van der Waals surface area contributed by atoms with E-state index in [1.807, 2.05) is 6.07 Å². The molecular weight excluding hydrogens is 295 g/mol. The summed E-state index contributed by atoms with van der Waals surface area (Å²) in [5.41, 5.74) is 7.71. The minimum absolute atomic E-state index is 0. The van der Waals surface area contributed by atoms with Gasteiger partial charge >= 0.3 is 0 Å². The summed E-state index contributed by atoms with van der Waals surface area (Å²) in [4.78, 5) is 13.6. The van der Waals surface area contributed by atoms with Gasteiger partial charge in [0.05, 0.1) is 6.04 Å². The number of nitrogens with two attached hydrogens (primary N) is 1. The van der Waals surface area contributed by atoms with Gasteiger partial charge in [-0.15, -0.1) is 12.4 Å². The first-order valence-corrected chi connectivity index (χ1v) is 6.26. The molecule has 3 nitrogen and oxygen atoms in total. The molecule has 1 aliphatic rings. The molecule has 0 fully saturated rings. The van der Waals surface area contributed by atoms with Crippen molar-refractivity contribution in [3.63, 3.8) is 0 Å². The van der Waals surface area contributed by atoms with Crippen LogP contribution in [0.1, 0.15) is 18.1 Å². The lowest BCUT2D eigenvalue weighted by Crippen LogP contribution is -2.44. The van der Waals surface area contributed by atoms with Crippen LogP contribution in [0, 0.1) is 0 Å². The van der Waals surface area contributed by atoms with E-state index in [9.17, 15) is 4.79 Å². The van der Waals surface area contributed by atoms with E-state index in [-0.39, 0.29) is 18.3 Å². The third-order valence-corrected chi connectivity index (χ3v) is 3.50. The molecular formula is C12H15Cl3N2O. The van der Waals surface area contributed by atoms with Crippen molar-refractivity contribution in [3.05, 3.63) is 33.3 Å². The molecule has 1 amide bonds. The van der Waals surface area contributed by atoms with E-state index in [4.69, 9.17) is 28.9 Å². The van der Waals surface area contributed by atoms with Gasteiger partial charge in [0.1, 0.15) is 0 Å². The predicted octanol–water partition coefficient (Wildman–Crippen LogP) is 2.65. The highest BCUT2D eigenvalue weighted by Gasteiger charge is 2.24. The van der Waals surface area contributed by atoms with Gasteiger partial charge in [-0.2, -0.15) is 0 Å². The maximum absolute atomic E-state index is 11.8. The maximum Gasteiger partial charge on any atom is 0.239 e. The zero-order valence-electron chi connectivity index (χ0n) is 9.95. The van der Waals surface area contributed by atoms with Gasteiger partial charge in [0.25, 0.3) is 0 Å². The van der Waals surface area contributed by atoms with Gasteiger partial charge in [0.2, 0.25) is 5.91 Å². The van der Waals surface area contributed by atoms with Crippen LogP contribution in [-0.4, -0.2) is 23.4 Å². The molecule has 0 unspecified atom stereocenters. The summed E-state index contributed by atoms with van der Waals surface area (Å²) in [6.07, 6.45) is 0.754. The number of benzene rings is 1. The van der Waals surface area contributed by atoms with Crippen LogP contribution in [-0.2, 0) is 17.8 Å². The second-order valence-electron chi connectivity index (χ2n) is 4.32. The van der Waals surface area contributed by atoms with Crippen LogP contribution in [0.25, 0.3) is 0 Å². The van der Waals surface area contributed by atoms with Crippen molar-refractivity contribution >= 4 is 41.5 Å². The van der Waals surface area contributed by atoms with Crippen molar-refractivity contribution in [2.24, 2.45) is 5.73 Å². The molecule has 100 valence electrons. The lowest BCUT2D eigenvalue weighted by atomic mass is 9.99. The minimum Gasteiger partial charge on any atom is -0.337 e. The average Bonchev–Trinajstić information content (AvgIpc) is 2.26. The van der Waals surface area contributed by atoms with E-state index in [1.54, 1.807) is 17.9 Å². The quantitative estimate of drug-likeness (QED) is 0.867. The van der Waals surface area contributed by atoms with E-state index < -0.39 is 6.04 Å². The van der Waals surface area contributed by atoms with E-state index >= 15 is 0 Å². The third-order valence-electron chi connectivity index (χ3n) is 2.95. The Morgan fingerprint density at radius 2 is 2.11 bits per heavy atom. The fourth-order valence-corrected chi connectivity index (χ4v) is 2.72. The number of nitrogens with zero attached hydrogens (tertiary/aromatic N) is 1. The highest BCUT2D eigenvalue weighted by molar-refractivity contribution is 6.35. The van der Waals surface area contributed by atoms with Gasteiger partial charge in [-0.05, 0) is 36.6 Å². The molecule has 2 N–H and O–H groups in total. The lowest BCUT2D eigenvalue weighted by Gasteiger charge is -2.30. The molecule has 1 aliphatic heterocycles. The Morgan fingerprint density at radius 3 is 2.72 bits per heavy atom. The second kappa shape index (κ2) is 6.11. The van der Waals surface area contributed by atoms with E-state index in [0.29, 0.717) is 23.1 Å². The number of carbonyl (C=O) groups is 1. The Labute approximate surface area is 123 Å².